The maximum Gasteiger partial charge on any atom is 0.198 e. The Kier molecular flexibility index (Phi) is 3.32. The molecule has 0 spiro atoms. The summed E-state index contributed by atoms with van der Waals surface area (Å²) in [6.07, 6.45) is 1.73. The highest BCUT2D eigenvalue weighted by atomic mass is 19.1. The SMILES string of the molecule is Cc1ccc(Oc2c(F)cc(C=O)cc2F)cn1. The minimum atomic E-state index is -0.933. The maximum atomic E-state index is 13.5. The van der Waals surface area contributed by atoms with Gasteiger partial charge in [0.1, 0.15) is 12.0 Å². The summed E-state index contributed by atoms with van der Waals surface area (Å²) in [6, 6.07) is 5.03. The Morgan fingerprint density at radius 3 is 2.39 bits per heavy atom. The summed E-state index contributed by atoms with van der Waals surface area (Å²) in [5, 5.41) is 0. The van der Waals surface area contributed by atoms with Crippen molar-refractivity contribution < 1.29 is 18.3 Å². The predicted octanol–water partition coefficient (Wildman–Crippen LogP) is 3.27. The number of pyridine rings is 1. The van der Waals surface area contributed by atoms with E-state index >= 15 is 0 Å². The molecule has 1 aromatic heterocycles. The van der Waals surface area contributed by atoms with Crippen molar-refractivity contribution in [2.45, 2.75) is 6.92 Å². The van der Waals surface area contributed by atoms with Gasteiger partial charge in [0.2, 0.25) is 0 Å². The van der Waals surface area contributed by atoms with Gasteiger partial charge in [-0.15, -0.1) is 0 Å². The maximum absolute atomic E-state index is 13.5. The molecule has 3 nitrogen and oxygen atoms in total. The number of hydrogen-bond acceptors (Lipinski definition) is 3. The first-order chi connectivity index (χ1) is 8.60. The Balaban J connectivity index is 2.34. The van der Waals surface area contributed by atoms with E-state index in [4.69, 9.17) is 4.74 Å². The molecule has 0 aliphatic carbocycles. The van der Waals surface area contributed by atoms with E-state index in [2.05, 4.69) is 4.98 Å². The monoisotopic (exact) mass is 249 g/mol. The van der Waals surface area contributed by atoms with Gasteiger partial charge in [-0.3, -0.25) is 9.78 Å². The highest BCUT2D eigenvalue weighted by Gasteiger charge is 2.13. The number of ether oxygens (including phenoxy) is 1. The van der Waals surface area contributed by atoms with Crippen LogP contribution >= 0.6 is 0 Å². The summed E-state index contributed by atoms with van der Waals surface area (Å²) < 4.78 is 32.1. The molecule has 0 unspecified atom stereocenters. The minimum Gasteiger partial charge on any atom is -0.450 e. The quantitative estimate of drug-likeness (QED) is 0.783. The number of aldehydes is 1. The molecule has 0 saturated heterocycles. The molecule has 5 heteroatoms. The van der Waals surface area contributed by atoms with Crippen LogP contribution in [0.3, 0.4) is 0 Å². The van der Waals surface area contributed by atoms with Gasteiger partial charge in [-0.1, -0.05) is 0 Å². The lowest BCUT2D eigenvalue weighted by Crippen LogP contribution is -1.95. The lowest BCUT2D eigenvalue weighted by molar-refractivity contribution is 0.112. The molecule has 18 heavy (non-hydrogen) atoms. The van der Waals surface area contributed by atoms with E-state index in [1.807, 2.05) is 0 Å². The molecule has 0 aliphatic rings. The number of benzene rings is 1. The van der Waals surface area contributed by atoms with Crippen molar-refractivity contribution in [1.82, 2.24) is 4.98 Å². The van der Waals surface area contributed by atoms with Crippen molar-refractivity contribution in [1.29, 1.82) is 0 Å². The van der Waals surface area contributed by atoms with Gasteiger partial charge in [0.05, 0.1) is 6.20 Å². The molecule has 0 radical (unpaired) electrons. The van der Waals surface area contributed by atoms with Gasteiger partial charge in [-0.25, -0.2) is 8.78 Å². The van der Waals surface area contributed by atoms with Crippen LogP contribution in [0.4, 0.5) is 8.78 Å². The lowest BCUT2D eigenvalue weighted by atomic mass is 10.2. The molecule has 92 valence electrons. The zero-order valence-corrected chi connectivity index (χ0v) is 9.48. The second-order valence-corrected chi connectivity index (χ2v) is 3.67. The summed E-state index contributed by atoms with van der Waals surface area (Å²) >= 11 is 0. The third kappa shape index (κ3) is 2.51. The molecule has 2 rings (SSSR count). The summed E-state index contributed by atoms with van der Waals surface area (Å²) in [7, 11) is 0. The molecule has 0 aliphatic heterocycles. The van der Waals surface area contributed by atoms with Crippen LogP contribution in [0.15, 0.2) is 30.5 Å². The highest BCUT2D eigenvalue weighted by Crippen LogP contribution is 2.27. The van der Waals surface area contributed by atoms with E-state index in [1.165, 1.54) is 6.20 Å². The van der Waals surface area contributed by atoms with Crippen molar-refractivity contribution in [2.75, 3.05) is 0 Å². The largest absolute Gasteiger partial charge is 0.450 e. The van der Waals surface area contributed by atoms with Gasteiger partial charge in [0.15, 0.2) is 17.4 Å². The molecule has 0 saturated carbocycles. The van der Waals surface area contributed by atoms with Gasteiger partial charge in [0.25, 0.3) is 0 Å². The van der Waals surface area contributed by atoms with Crippen molar-refractivity contribution in [2.24, 2.45) is 0 Å². The van der Waals surface area contributed by atoms with Gasteiger partial charge in [-0.05, 0) is 31.2 Å². The number of carbonyl (C=O) groups excluding carboxylic acids is 1. The zero-order valence-electron chi connectivity index (χ0n) is 9.48. The molecule has 0 N–H and O–H groups in total. The first-order valence-electron chi connectivity index (χ1n) is 5.15. The minimum absolute atomic E-state index is 0.0839. The standard InChI is InChI=1S/C13H9F2NO2/c1-8-2-3-10(6-16-8)18-13-11(14)4-9(7-17)5-12(13)15/h2-7H,1H3. The molecule has 1 heterocycles. The fourth-order valence-electron chi connectivity index (χ4n) is 1.38. The summed E-state index contributed by atoms with van der Waals surface area (Å²) in [5.41, 5.74) is 0.680. The van der Waals surface area contributed by atoms with Crippen molar-refractivity contribution in [3.05, 3.63) is 53.4 Å². The van der Waals surface area contributed by atoms with E-state index in [-0.39, 0.29) is 11.3 Å². The zero-order chi connectivity index (χ0) is 13.1. The van der Waals surface area contributed by atoms with Crippen molar-refractivity contribution in [3.63, 3.8) is 0 Å². The van der Waals surface area contributed by atoms with Gasteiger partial charge >= 0.3 is 0 Å². The number of rotatable bonds is 3. The second kappa shape index (κ2) is 4.91. The molecule has 2 aromatic rings. The Hall–Kier alpha value is -2.30. The number of halogens is 2. The average Bonchev–Trinajstić information content (AvgIpc) is 2.35. The fourth-order valence-corrected chi connectivity index (χ4v) is 1.38. The normalized spacial score (nSPS) is 10.2. The second-order valence-electron chi connectivity index (χ2n) is 3.67. The number of hydrogen-bond donors (Lipinski definition) is 0. The van der Waals surface area contributed by atoms with E-state index in [9.17, 15) is 13.6 Å². The van der Waals surface area contributed by atoms with Gasteiger partial charge in [0, 0.05) is 11.3 Å². The van der Waals surface area contributed by atoms with Crippen LogP contribution in [0.2, 0.25) is 0 Å². The Morgan fingerprint density at radius 2 is 1.89 bits per heavy atom. The number of carbonyl (C=O) groups is 1. The van der Waals surface area contributed by atoms with Crippen LogP contribution in [-0.2, 0) is 0 Å². The highest BCUT2D eigenvalue weighted by molar-refractivity contribution is 5.75. The van der Waals surface area contributed by atoms with Crippen LogP contribution in [0, 0.1) is 18.6 Å². The van der Waals surface area contributed by atoms with Crippen LogP contribution < -0.4 is 4.74 Å². The number of aromatic nitrogens is 1. The third-order valence-electron chi connectivity index (χ3n) is 2.26. The molecule has 0 amide bonds. The molecule has 1 aromatic carbocycles. The molecule has 0 atom stereocenters. The smallest absolute Gasteiger partial charge is 0.198 e. The van der Waals surface area contributed by atoms with Crippen LogP contribution in [-0.4, -0.2) is 11.3 Å². The number of aryl methyl sites for hydroxylation is 1. The summed E-state index contributed by atoms with van der Waals surface area (Å²) in [5.74, 6) is -2.20. The van der Waals surface area contributed by atoms with Crippen LogP contribution in [0.5, 0.6) is 11.5 Å². The first-order valence-corrected chi connectivity index (χ1v) is 5.15. The van der Waals surface area contributed by atoms with E-state index in [1.54, 1.807) is 19.1 Å². The van der Waals surface area contributed by atoms with Crippen LogP contribution in [0.25, 0.3) is 0 Å². The lowest BCUT2D eigenvalue weighted by Gasteiger charge is -2.08. The first kappa shape index (κ1) is 12.2. The molecular formula is C13H9F2NO2. The third-order valence-corrected chi connectivity index (χ3v) is 2.26. The van der Waals surface area contributed by atoms with Crippen molar-refractivity contribution in [3.8, 4) is 11.5 Å². The van der Waals surface area contributed by atoms with E-state index in [0.29, 0.717) is 6.29 Å². The van der Waals surface area contributed by atoms with Gasteiger partial charge in [-0.2, -0.15) is 0 Å². The van der Waals surface area contributed by atoms with Crippen LogP contribution in [0.1, 0.15) is 16.1 Å². The van der Waals surface area contributed by atoms with E-state index < -0.39 is 17.4 Å². The Bertz CT molecular complexity index is 559. The Morgan fingerprint density at radius 1 is 1.22 bits per heavy atom. The molecular weight excluding hydrogens is 240 g/mol. The van der Waals surface area contributed by atoms with E-state index in [0.717, 1.165) is 17.8 Å². The predicted molar refractivity (Wildman–Crippen MR) is 60.8 cm³/mol. The summed E-state index contributed by atoms with van der Waals surface area (Å²) in [4.78, 5) is 14.4. The summed E-state index contributed by atoms with van der Waals surface area (Å²) in [6.45, 7) is 1.78. The topological polar surface area (TPSA) is 39.2 Å². The Labute approximate surface area is 102 Å². The van der Waals surface area contributed by atoms with Gasteiger partial charge < -0.3 is 4.74 Å². The molecule has 0 fully saturated rings. The number of nitrogens with zero attached hydrogens (tertiary/aromatic N) is 1. The average molecular weight is 249 g/mol. The van der Waals surface area contributed by atoms with Crippen molar-refractivity contribution >= 4 is 6.29 Å². The fraction of sp³-hybridized carbons (Fsp3) is 0.0769. The molecule has 0 bridgehead atoms.